The van der Waals surface area contributed by atoms with Gasteiger partial charge in [0.25, 0.3) is 5.91 Å². The summed E-state index contributed by atoms with van der Waals surface area (Å²) in [5.41, 5.74) is 0.274. The number of carbonyl (C=O) groups excluding carboxylic acids is 1. The first-order valence-electron chi connectivity index (χ1n) is 9.29. The van der Waals surface area contributed by atoms with E-state index >= 15 is 0 Å². The standard InChI is InChI=1S/C21H26ClN3O2/c1-21(2,27-19-8-6-18(22)7-9-19)20(26)25-12-4-11-24(13-14-25)16-17-5-3-10-23-15-17/h3,5-10,15H,4,11-14,16H2,1-2H3. The first-order valence-corrected chi connectivity index (χ1v) is 9.67. The molecule has 1 saturated heterocycles. The van der Waals surface area contributed by atoms with Crippen molar-refractivity contribution in [3.05, 3.63) is 59.4 Å². The van der Waals surface area contributed by atoms with Crippen molar-refractivity contribution < 1.29 is 9.53 Å². The molecule has 6 heteroatoms. The molecule has 27 heavy (non-hydrogen) atoms. The van der Waals surface area contributed by atoms with E-state index < -0.39 is 5.60 Å². The molecule has 1 aliphatic heterocycles. The minimum Gasteiger partial charge on any atom is -0.478 e. The summed E-state index contributed by atoms with van der Waals surface area (Å²) >= 11 is 5.92. The third-order valence-corrected chi connectivity index (χ3v) is 4.96. The number of benzene rings is 1. The Morgan fingerprint density at radius 2 is 1.93 bits per heavy atom. The summed E-state index contributed by atoms with van der Waals surface area (Å²) in [5.74, 6) is 0.659. The van der Waals surface area contributed by atoms with Gasteiger partial charge in [0.2, 0.25) is 0 Å². The molecule has 1 aromatic heterocycles. The highest BCUT2D eigenvalue weighted by molar-refractivity contribution is 6.30. The summed E-state index contributed by atoms with van der Waals surface area (Å²) in [4.78, 5) is 21.5. The van der Waals surface area contributed by atoms with Gasteiger partial charge in [0.05, 0.1) is 0 Å². The van der Waals surface area contributed by atoms with E-state index in [0.29, 0.717) is 17.3 Å². The minimum atomic E-state index is -0.924. The van der Waals surface area contributed by atoms with Gasteiger partial charge in [-0.25, -0.2) is 0 Å². The zero-order valence-corrected chi connectivity index (χ0v) is 16.7. The van der Waals surface area contributed by atoms with Gasteiger partial charge >= 0.3 is 0 Å². The van der Waals surface area contributed by atoms with Crippen LogP contribution in [0.1, 0.15) is 25.8 Å². The summed E-state index contributed by atoms with van der Waals surface area (Å²) < 4.78 is 5.96. The minimum absolute atomic E-state index is 0.0145. The molecule has 1 amide bonds. The molecule has 0 aliphatic carbocycles. The highest BCUT2D eigenvalue weighted by atomic mass is 35.5. The Hall–Kier alpha value is -2.11. The zero-order chi connectivity index (χ0) is 19.3. The number of amides is 1. The van der Waals surface area contributed by atoms with Gasteiger partial charge in [-0.2, -0.15) is 0 Å². The molecule has 0 unspecified atom stereocenters. The number of halogens is 1. The van der Waals surface area contributed by atoms with Gasteiger partial charge in [-0.1, -0.05) is 17.7 Å². The highest BCUT2D eigenvalue weighted by Gasteiger charge is 2.35. The summed E-state index contributed by atoms with van der Waals surface area (Å²) in [7, 11) is 0. The maximum atomic E-state index is 13.1. The van der Waals surface area contributed by atoms with E-state index in [2.05, 4.69) is 16.0 Å². The largest absolute Gasteiger partial charge is 0.478 e. The van der Waals surface area contributed by atoms with Crippen LogP contribution in [-0.2, 0) is 11.3 Å². The molecule has 0 spiro atoms. The molecule has 1 aromatic carbocycles. The van der Waals surface area contributed by atoms with E-state index in [1.807, 2.05) is 31.0 Å². The fraction of sp³-hybridized carbons (Fsp3) is 0.429. The molecule has 3 rings (SSSR count). The first kappa shape index (κ1) is 19.6. The van der Waals surface area contributed by atoms with Crippen molar-refractivity contribution in [3.8, 4) is 5.75 Å². The van der Waals surface area contributed by atoms with Gasteiger partial charge in [0, 0.05) is 50.1 Å². The van der Waals surface area contributed by atoms with E-state index in [0.717, 1.165) is 32.6 Å². The average Bonchev–Trinajstić information content (AvgIpc) is 2.89. The Morgan fingerprint density at radius 1 is 1.15 bits per heavy atom. The summed E-state index contributed by atoms with van der Waals surface area (Å²) in [6.45, 7) is 7.77. The number of hydrogen-bond donors (Lipinski definition) is 0. The Bertz CT molecular complexity index is 750. The lowest BCUT2D eigenvalue weighted by molar-refractivity contribution is -0.145. The predicted molar refractivity (Wildman–Crippen MR) is 107 cm³/mol. The van der Waals surface area contributed by atoms with E-state index in [4.69, 9.17) is 16.3 Å². The molecule has 0 bridgehead atoms. The Morgan fingerprint density at radius 3 is 2.63 bits per heavy atom. The van der Waals surface area contributed by atoms with Gasteiger partial charge in [0.1, 0.15) is 5.75 Å². The maximum absolute atomic E-state index is 13.1. The molecule has 2 aromatic rings. The fourth-order valence-corrected chi connectivity index (χ4v) is 3.43. The third-order valence-electron chi connectivity index (χ3n) is 4.71. The molecule has 144 valence electrons. The van der Waals surface area contributed by atoms with Crippen LogP contribution < -0.4 is 4.74 Å². The molecule has 0 N–H and O–H groups in total. The molecule has 0 radical (unpaired) electrons. The van der Waals surface area contributed by atoms with Crippen LogP contribution in [0.2, 0.25) is 5.02 Å². The molecule has 0 saturated carbocycles. The monoisotopic (exact) mass is 387 g/mol. The molecule has 1 fully saturated rings. The topological polar surface area (TPSA) is 45.7 Å². The van der Waals surface area contributed by atoms with Crippen LogP contribution >= 0.6 is 11.6 Å². The van der Waals surface area contributed by atoms with Crippen LogP contribution in [0.15, 0.2) is 48.8 Å². The highest BCUT2D eigenvalue weighted by Crippen LogP contribution is 2.23. The maximum Gasteiger partial charge on any atom is 0.266 e. The van der Waals surface area contributed by atoms with Crippen molar-refractivity contribution in [3.63, 3.8) is 0 Å². The van der Waals surface area contributed by atoms with Crippen LogP contribution in [0, 0.1) is 0 Å². The van der Waals surface area contributed by atoms with Crippen molar-refractivity contribution in [2.75, 3.05) is 26.2 Å². The summed E-state index contributed by atoms with van der Waals surface area (Å²) in [6, 6.07) is 11.1. The molecule has 2 heterocycles. The molecule has 0 atom stereocenters. The molecule has 5 nitrogen and oxygen atoms in total. The number of ether oxygens (including phenoxy) is 1. The summed E-state index contributed by atoms with van der Waals surface area (Å²) in [5, 5.41) is 0.646. The smallest absolute Gasteiger partial charge is 0.266 e. The van der Waals surface area contributed by atoms with Crippen molar-refractivity contribution in [1.82, 2.24) is 14.8 Å². The second kappa shape index (κ2) is 8.72. The van der Waals surface area contributed by atoms with E-state index in [-0.39, 0.29) is 5.91 Å². The zero-order valence-electron chi connectivity index (χ0n) is 15.9. The lowest BCUT2D eigenvalue weighted by atomic mass is 10.1. The quantitative estimate of drug-likeness (QED) is 0.786. The Balaban J connectivity index is 1.58. The van der Waals surface area contributed by atoms with Crippen molar-refractivity contribution >= 4 is 17.5 Å². The lowest BCUT2D eigenvalue weighted by Crippen LogP contribution is -2.50. The van der Waals surface area contributed by atoms with Crippen molar-refractivity contribution in [1.29, 1.82) is 0 Å². The SMILES string of the molecule is CC(C)(Oc1ccc(Cl)cc1)C(=O)N1CCCN(Cc2cccnc2)CC1. The fourth-order valence-electron chi connectivity index (χ4n) is 3.30. The number of pyridine rings is 1. The normalized spacial score (nSPS) is 16.0. The number of carbonyl (C=O) groups is 1. The van der Waals surface area contributed by atoms with Crippen LogP contribution in [0.4, 0.5) is 0 Å². The van der Waals surface area contributed by atoms with Gasteiger partial charge in [-0.05, 0) is 56.2 Å². The van der Waals surface area contributed by atoms with E-state index in [1.165, 1.54) is 5.56 Å². The molecular formula is C21H26ClN3O2. The second-order valence-electron chi connectivity index (χ2n) is 7.35. The van der Waals surface area contributed by atoms with E-state index in [9.17, 15) is 4.79 Å². The summed E-state index contributed by atoms with van der Waals surface area (Å²) in [6.07, 6.45) is 4.63. The van der Waals surface area contributed by atoms with Crippen molar-refractivity contribution in [2.24, 2.45) is 0 Å². The Kier molecular flexibility index (Phi) is 6.34. The third kappa shape index (κ3) is 5.44. The number of nitrogens with zero attached hydrogens (tertiary/aromatic N) is 3. The van der Waals surface area contributed by atoms with E-state index in [1.54, 1.807) is 30.5 Å². The number of hydrogen-bond acceptors (Lipinski definition) is 4. The van der Waals surface area contributed by atoms with Gasteiger partial charge in [-0.15, -0.1) is 0 Å². The second-order valence-corrected chi connectivity index (χ2v) is 7.79. The molecular weight excluding hydrogens is 362 g/mol. The van der Waals surface area contributed by atoms with Crippen LogP contribution in [0.5, 0.6) is 5.75 Å². The number of aromatic nitrogens is 1. The van der Waals surface area contributed by atoms with Crippen molar-refractivity contribution in [2.45, 2.75) is 32.4 Å². The van der Waals surface area contributed by atoms with Crippen LogP contribution in [-0.4, -0.2) is 52.5 Å². The number of rotatable bonds is 5. The average molecular weight is 388 g/mol. The van der Waals surface area contributed by atoms with Gasteiger partial charge in [-0.3, -0.25) is 14.7 Å². The first-order chi connectivity index (χ1) is 12.9. The Labute approximate surface area is 165 Å². The lowest BCUT2D eigenvalue weighted by Gasteiger charge is -2.32. The van der Waals surface area contributed by atoms with Crippen LogP contribution in [0.3, 0.4) is 0 Å². The van der Waals surface area contributed by atoms with Crippen LogP contribution in [0.25, 0.3) is 0 Å². The predicted octanol–water partition coefficient (Wildman–Crippen LogP) is 3.63. The van der Waals surface area contributed by atoms with Gasteiger partial charge < -0.3 is 9.64 Å². The molecule has 1 aliphatic rings. The van der Waals surface area contributed by atoms with Gasteiger partial charge in [0.15, 0.2) is 5.60 Å².